The lowest BCUT2D eigenvalue weighted by Gasteiger charge is -2.20. The van der Waals surface area contributed by atoms with Crippen LogP contribution in [0.4, 0.5) is 0 Å². The lowest BCUT2D eigenvalue weighted by Crippen LogP contribution is -2.33. The molecule has 3 rings (SSSR count). The fourth-order valence-electron chi connectivity index (χ4n) is 2.91. The van der Waals surface area contributed by atoms with Crippen LogP contribution < -0.4 is 0 Å². The van der Waals surface area contributed by atoms with Crippen molar-refractivity contribution in [1.29, 1.82) is 0 Å². The highest BCUT2D eigenvalue weighted by Crippen LogP contribution is 2.33. The number of aromatic carboxylic acids is 1. The Morgan fingerprint density at radius 1 is 1.29 bits per heavy atom. The second-order valence-electron chi connectivity index (χ2n) is 6.56. The molecule has 0 atom stereocenters. The normalized spacial score (nSPS) is 19.3. The van der Waals surface area contributed by atoms with Gasteiger partial charge in [0.2, 0.25) is 15.9 Å². The summed E-state index contributed by atoms with van der Waals surface area (Å²) in [5, 5.41) is 9.16. The zero-order valence-corrected chi connectivity index (χ0v) is 14.4. The van der Waals surface area contributed by atoms with Crippen LogP contribution in [-0.4, -0.2) is 53.9 Å². The van der Waals surface area contributed by atoms with Crippen molar-refractivity contribution in [2.24, 2.45) is 0 Å². The second-order valence-corrected chi connectivity index (χ2v) is 8.47. The van der Waals surface area contributed by atoms with E-state index in [1.54, 1.807) is 4.90 Å². The second kappa shape index (κ2) is 5.86. The average molecular weight is 352 g/mol. The third-order valence-electron chi connectivity index (χ3n) is 4.43. The molecule has 0 bridgehead atoms. The number of sulfonamides is 1. The lowest BCUT2D eigenvalue weighted by atomic mass is 10.0. The van der Waals surface area contributed by atoms with Gasteiger partial charge in [0.1, 0.15) is 0 Å². The maximum atomic E-state index is 13.0. The molecule has 130 valence electrons. The Kier molecular flexibility index (Phi) is 4.13. The summed E-state index contributed by atoms with van der Waals surface area (Å²) in [7, 11) is -3.93. The van der Waals surface area contributed by atoms with Crippen LogP contribution in [0, 0.1) is 0 Å². The standard InChI is InChI=1S/C16H20N2O5S/c1-10(2)13-6-3-11(16(20)21)7-14(13)24(22,23)17-8-15(19)18(9-17)12-4-5-12/h3,6-7,10,12H,4-5,8-9H2,1-2H3,(H,20,21). The quantitative estimate of drug-likeness (QED) is 0.866. The highest BCUT2D eigenvalue weighted by molar-refractivity contribution is 7.89. The molecule has 1 heterocycles. The minimum absolute atomic E-state index is 0.0251. The summed E-state index contributed by atoms with van der Waals surface area (Å²) in [4.78, 5) is 24.8. The summed E-state index contributed by atoms with van der Waals surface area (Å²) in [5.41, 5.74) is 0.472. The van der Waals surface area contributed by atoms with Crippen molar-refractivity contribution >= 4 is 21.9 Å². The predicted octanol–water partition coefficient (Wildman–Crippen LogP) is 1.46. The topological polar surface area (TPSA) is 95.0 Å². The van der Waals surface area contributed by atoms with Crippen LogP contribution in [0.2, 0.25) is 0 Å². The minimum Gasteiger partial charge on any atom is -0.478 e. The van der Waals surface area contributed by atoms with Crippen molar-refractivity contribution < 1.29 is 23.1 Å². The Balaban J connectivity index is 2.01. The fourth-order valence-corrected chi connectivity index (χ4v) is 4.63. The molecule has 24 heavy (non-hydrogen) atoms. The summed E-state index contributed by atoms with van der Waals surface area (Å²) < 4.78 is 27.2. The first kappa shape index (κ1) is 16.9. The molecule has 1 N–H and O–H groups in total. The van der Waals surface area contributed by atoms with Crippen LogP contribution in [0.1, 0.15) is 48.5 Å². The molecule has 1 aromatic carbocycles. The molecule has 0 spiro atoms. The van der Waals surface area contributed by atoms with Crippen LogP contribution in [0.3, 0.4) is 0 Å². The predicted molar refractivity (Wildman–Crippen MR) is 86.1 cm³/mol. The molecule has 0 radical (unpaired) electrons. The number of carboxylic acids is 1. The number of carbonyl (C=O) groups excluding carboxylic acids is 1. The van der Waals surface area contributed by atoms with E-state index in [0.717, 1.165) is 17.1 Å². The van der Waals surface area contributed by atoms with E-state index in [1.807, 2.05) is 13.8 Å². The van der Waals surface area contributed by atoms with Crippen molar-refractivity contribution in [2.45, 2.75) is 43.5 Å². The number of rotatable bonds is 5. The zero-order chi connectivity index (χ0) is 17.6. The molecule has 0 unspecified atom stereocenters. The van der Waals surface area contributed by atoms with Gasteiger partial charge >= 0.3 is 5.97 Å². The van der Waals surface area contributed by atoms with Gasteiger partial charge in [0.25, 0.3) is 0 Å². The third kappa shape index (κ3) is 2.91. The highest BCUT2D eigenvalue weighted by Gasteiger charge is 2.43. The fraction of sp³-hybridized carbons (Fsp3) is 0.500. The summed E-state index contributed by atoms with van der Waals surface area (Å²) in [6.45, 7) is 3.55. The van der Waals surface area contributed by atoms with Gasteiger partial charge in [0.15, 0.2) is 0 Å². The molecule has 1 aliphatic heterocycles. The summed E-state index contributed by atoms with van der Waals surface area (Å²) in [5.74, 6) is -1.46. The van der Waals surface area contributed by atoms with E-state index >= 15 is 0 Å². The van der Waals surface area contributed by atoms with Gasteiger partial charge in [-0.2, -0.15) is 4.31 Å². The molecular formula is C16H20N2O5S. The van der Waals surface area contributed by atoms with E-state index in [4.69, 9.17) is 5.11 Å². The average Bonchev–Trinajstić information content (AvgIpc) is 3.28. The number of amides is 1. The first-order valence-corrected chi connectivity index (χ1v) is 9.32. The van der Waals surface area contributed by atoms with Crippen LogP contribution in [-0.2, 0) is 14.8 Å². The molecular weight excluding hydrogens is 332 g/mol. The largest absolute Gasteiger partial charge is 0.478 e. The van der Waals surface area contributed by atoms with Crippen LogP contribution in [0.5, 0.6) is 0 Å². The Morgan fingerprint density at radius 3 is 2.50 bits per heavy atom. The summed E-state index contributed by atoms with van der Waals surface area (Å²) in [6.07, 6.45) is 1.82. The number of carbonyl (C=O) groups is 2. The molecule has 2 fully saturated rings. The van der Waals surface area contributed by atoms with Crippen molar-refractivity contribution in [3.8, 4) is 0 Å². The maximum absolute atomic E-state index is 13.0. The van der Waals surface area contributed by atoms with Gasteiger partial charge in [-0.05, 0) is 36.5 Å². The number of nitrogens with zero attached hydrogens (tertiary/aromatic N) is 2. The Bertz CT molecular complexity index is 799. The molecule has 2 aliphatic rings. The van der Waals surface area contributed by atoms with Crippen molar-refractivity contribution in [1.82, 2.24) is 9.21 Å². The zero-order valence-electron chi connectivity index (χ0n) is 13.6. The maximum Gasteiger partial charge on any atom is 0.335 e. The van der Waals surface area contributed by atoms with Crippen LogP contribution >= 0.6 is 0 Å². The Hall–Kier alpha value is -1.93. The van der Waals surface area contributed by atoms with Crippen LogP contribution in [0.15, 0.2) is 23.1 Å². The van der Waals surface area contributed by atoms with Crippen molar-refractivity contribution in [3.05, 3.63) is 29.3 Å². The van der Waals surface area contributed by atoms with Gasteiger partial charge in [-0.25, -0.2) is 13.2 Å². The lowest BCUT2D eigenvalue weighted by molar-refractivity contribution is -0.127. The van der Waals surface area contributed by atoms with E-state index in [2.05, 4.69) is 0 Å². The Labute approximate surface area is 140 Å². The van der Waals surface area contributed by atoms with Gasteiger partial charge in [-0.15, -0.1) is 0 Å². The van der Waals surface area contributed by atoms with Gasteiger partial charge in [0, 0.05) is 6.04 Å². The van der Waals surface area contributed by atoms with Gasteiger partial charge < -0.3 is 10.0 Å². The molecule has 8 heteroatoms. The van der Waals surface area contributed by atoms with E-state index in [1.165, 1.54) is 18.2 Å². The third-order valence-corrected chi connectivity index (χ3v) is 6.26. The highest BCUT2D eigenvalue weighted by atomic mass is 32.2. The van der Waals surface area contributed by atoms with Gasteiger partial charge in [0.05, 0.1) is 23.7 Å². The SMILES string of the molecule is CC(C)c1ccc(C(=O)O)cc1S(=O)(=O)N1CC(=O)N(C2CC2)C1. The molecule has 1 aromatic rings. The van der Waals surface area contributed by atoms with Gasteiger partial charge in [-0.3, -0.25) is 4.79 Å². The number of benzene rings is 1. The smallest absolute Gasteiger partial charge is 0.335 e. The summed E-state index contributed by atoms with van der Waals surface area (Å²) in [6, 6.07) is 4.28. The monoisotopic (exact) mass is 352 g/mol. The molecule has 0 aromatic heterocycles. The number of hydrogen-bond acceptors (Lipinski definition) is 4. The van der Waals surface area contributed by atoms with Crippen LogP contribution in [0.25, 0.3) is 0 Å². The number of carboxylic acid groups (broad SMARTS) is 1. The molecule has 7 nitrogen and oxygen atoms in total. The molecule has 1 amide bonds. The number of hydrogen-bond donors (Lipinski definition) is 1. The van der Waals surface area contributed by atoms with Crippen molar-refractivity contribution in [3.63, 3.8) is 0 Å². The van der Waals surface area contributed by atoms with E-state index in [0.29, 0.717) is 5.56 Å². The van der Waals surface area contributed by atoms with E-state index in [-0.39, 0.29) is 41.5 Å². The van der Waals surface area contributed by atoms with Gasteiger partial charge in [-0.1, -0.05) is 19.9 Å². The first-order valence-electron chi connectivity index (χ1n) is 7.88. The molecule has 1 aliphatic carbocycles. The first-order chi connectivity index (χ1) is 11.2. The molecule has 1 saturated heterocycles. The Morgan fingerprint density at radius 2 is 1.96 bits per heavy atom. The van der Waals surface area contributed by atoms with E-state index < -0.39 is 16.0 Å². The minimum atomic E-state index is -3.93. The molecule has 1 saturated carbocycles. The van der Waals surface area contributed by atoms with Crippen molar-refractivity contribution in [2.75, 3.05) is 13.2 Å². The summed E-state index contributed by atoms with van der Waals surface area (Å²) >= 11 is 0. The van der Waals surface area contributed by atoms with E-state index in [9.17, 15) is 18.0 Å².